The van der Waals surface area contributed by atoms with Crippen molar-refractivity contribution in [2.75, 3.05) is 7.05 Å². The minimum Gasteiger partial charge on any atom is -0.207 e. The Kier molecular flexibility index (Phi) is 5.57. The van der Waals surface area contributed by atoms with E-state index in [0.29, 0.717) is 10.6 Å². The third kappa shape index (κ3) is 3.55. The fourth-order valence-corrected chi connectivity index (χ4v) is 5.06. The molecule has 2 aromatic rings. The van der Waals surface area contributed by atoms with Gasteiger partial charge in [-0.05, 0) is 23.6 Å². The number of hydrogen-bond donors (Lipinski definition) is 0. The lowest BCUT2D eigenvalue weighted by atomic mass is 10.2. The largest absolute Gasteiger partial charge is 0.244 e. The number of benzene rings is 1. The van der Waals surface area contributed by atoms with Gasteiger partial charge in [-0.15, -0.1) is 22.9 Å². The molecule has 0 aliphatic carbocycles. The molecule has 0 saturated heterocycles. The molecule has 114 valence electrons. The molecule has 0 amide bonds. The highest BCUT2D eigenvalue weighted by atomic mass is 35.5. The van der Waals surface area contributed by atoms with Crippen molar-refractivity contribution in [1.29, 1.82) is 0 Å². The Morgan fingerprint density at radius 1 is 1.24 bits per heavy atom. The van der Waals surface area contributed by atoms with Gasteiger partial charge in [0.2, 0.25) is 10.0 Å². The van der Waals surface area contributed by atoms with Gasteiger partial charge < -0.3 is 0 Å². The minimum absolute atomic E-state index is 0.0169. The molecule has 0 saturated carbocycles. The molecule has 2 rings (SSSR count). The molecule has 0 atom stereocenters. The Bertz CT molecular complexity index is 730. The van der Waals surface area contributed by atoms with E-state index in [2.05, 4.69) is 0 Å². The SMILES string of the molecule is CN(Cc1cccs1)S(=O)(=O)c1ccc(Cl)c(CCl)c1Cl. The molecule has 0 unspecified atom stereocenters. The fraction of sp³-hybridized carbons (Fsp3) is 0.231. The number of halogens is 3. The number of alkyl halides is 1. The van der Waals surface area contributed by atoms with E-state index < -0.39 is 10.0 Å². The lowest BCUT2D eigenvalue weighted by Gasteiger charge is -2.18. The summed E-state index contributed by atoms with van der Waals surface area (Å²) < 4.78 is 26.5. The van der Waals surface area contributed by atoms with Crippen LogP contribution in [0.25, 0.3) is 0 Å². The van der Waals surface area contributed by atoms with Crippen LogP contribution < -0.4 is 0 Å². The summed E-state index contributed by atoms with van der Waals surface area (Å²) in [6.07, 6.45) is 0. The molecule has 0 spiro atoms. The second-order valence-corrected chi connectivity index (χ2v) is 8.41. The van der Waals surface area contributed by atoms with Crippen LogP contribution >= 0.6 is 46.1 Å². The zero-order valence-corrected chi connectivity index (χ0v) is 14.9. The van der Waals surface area contributed by atoms with Crippen LogP contribution in [-0.4, -0.2) is 19.8 Å². The average Bonchev–Trinajstić information content (AvgIpc) is 2.91. The van der Waals surface area contributed by atoms with E-state index >= 15 is 0 Å². The van der Waals surface area contributed by atoms with Crippen molar-refractivity contribution < 1.29 is 8.42 Å². The van der Waals surface area contributed by atoms with Crippen molar-refractivity contribution in [3.63, 3.8) is 0 Å². The Hall–Kier alpha value is -0.300. The van der Waals surface area contributed by atoms with Gasteiger partial charge >= 0.3 is 0 Å². The lowest BCUT2D eigenvalue weighted by Crippen LogP contribution is -2.26. The maximum Gasteiger partial charge on any atom is 0.244 e. The molecule has 0 aliphatic heterocycles. The van der Waals surface area contributed by atoms with Crippen LogP contribution in [0.1, 0.15) is 10.4 Å². The van der Waals surface area contributed by atoms with Gasteiger partial charge in [-0.25, -0.2) is 8.42 Å². The van der Waals surface area contributed by atoms with Gasteiger partial charge in [-0.3, -0.25) is 0 Å². The van der Waals surface area contributed by atoms with Crippen LogP contribution in [-0.2, 0) is 22.4 Å². The summed E-state index contributed by atoms with van der Waals surface area (Å²) in [6.45, 7) is 0.287. The topological polar surface area (TPSA) is 37.4 Å². The van der Waals surface area contributed by atoms with Crippen LogP contribution in [0.5, 0.6) is 0 Å². The molecule has 0 fully saturated rings. The van der Waals surface area contributed by atoms with E-state index in [9.17, 15) is 8.42 Å². The minimum atomic E-state index is -3.70. The first-order valence-electron chi connectivity index (χ1n) is 5.89. The molecule has 8 heteroatoms. The maximum atomic E-state index is 12.6. The van der Waals surface area contributed by atoms with Gasteiger partial charge in [0.25, 0.3) is 0 Å². The third-order valence-electron chi connectivity index (χ3n) is 2.93. The fourth-order valence-electron chi connectivity index (χ4n) is 1.77. The van der Waals surface area contributed by atoms with Gasteiger partial charge in [0.1, 0.15) is 4.90 Å². The molecule has 3 nitrogen and oxygen atoms in total. The van der Waals surface area contributed by atoms with Crippen molar-refractivity contribution in [2.45, 2.75) is 17.3 Å². The monoisotopic (exact) mass is 383 g/mol. The lowest BCUT2D eigenvalue weighted by molar-refractivity contribution is 0.469. The molecular weight excluding hydrogens is 373 g/mol. The first kappa shape index (κ1) is 17.1. The summed E-state index contributed by atoms with van der Waals surface area (Å²) in [4.78, 5) is 0.965. The van der Waals surface area contributed by atoms with Crippen LogP contribution in [0, 0.1) is 0 Å². The van der Waals surface area contributed by atoms with E-state index in [4.69, 9.17) is 34.8 Å². The summed E-state index contributed by atoms with van der Waals surface area (Å²) >= 11 is 19.4. The standard InChI is InChI=1S/C13H12Cl3NO2S2/c1-17(8-9-3-2-6-20-9)21(18,19)12-5-4-11(15)10(7-14)13(12)16/h2-6H,7-8H2,1H3. The summed E-state index contributed by atoms with van der Waals surface area (Å²) in [7, 11) is -2.19. The van der Waals surface area contributed by atoms with Gasteiger partial charge in [0, 0.05) is 29.1 Å². The van der Waals surface area contributed by atoms with Crippen molar-refractivity contribution >= 4 is 56.2 Å². The van der Waals surface area contributed by atoms with E-state index in [1.54, 1.807) is 0 Å². The second-order valence-electron chi connectivity index (χ2n) is 4.31. The van der Waals surface area contributed by atoms with Gasteiger partial charge in [-0.2, -0.15) is 4.31 Å². The van der Waals surface area contributed by atoms with Gasteiger partial charge in [0.15, 0.2) is 0 Å². The molecule has 1 aromatic carbocycles. The van der Waals surface area contributed by atoms with E-state index in [-0.39, 0.29) is 22.3 Å². The van der Waals surface area contributed by atoms with Crippen LogP contribution in [0.3, 0.4) is 0 Å². The maximum absolute atomic E-state index is 12.6. The smallest absolute Gasteiger partial charge is 0.207 e. The quantitative estimate of drug-likeness (QED) is 0.706. The molecule has 1 heterocycles. The van der Waals surface area contributed by atoms with Crippen molar-refractivity contribution in [2.24, 2.45) is 0 Å². The molecule has 1 aromatic heterocycles. The second kappa shape index (κ2) is 6.86. The summed E-state index contributed by atoms with van der Waals surface area (Å²) in [5, 5.41) is 2.34. The Labute approximate surface area is 143 Å². The predicted molar refractivity (Wildman–Crippen MR) is 89.0 cm³/mol. The Morgan fingerprint density at radius 2 is 1.95 bits per heavy atom. The first-order valence-corrected chi connectivity index (χ1v) is 9.50. The zero-order valence-electron chi connectivity index (χ0n) is 11.0. The number of thiophene rings is 1. The first-order chi connectivity index (χ1) is 9.87. The number of sulfonamides is 1. The average molecular weight is 385 g/mol. The Morgan fingerprint density at radius 3 is 2.52 bits per heavy atom. The highest BCUT2D eigenvalue weighted by Gasteiger charge is 2.26. The van der Waals surface area contributed by atoms with Crippen LogP contribution in [0.4, 0.5) is 0 Å². The van der Waals surface area contributed by atoms with Gasteiger partial charge in [-0.1, -0.05) is 29.3 Å². The van der Waals surface area contributed by atoms with Crippen molar-refractivity contribution in [3.05, 3.63) is 50.1 Å². The van der Waals surface area contributed by atoms with Crippen LogP contribution in [0.15, 0.2) is 34.5 Å². The van der Waals surface area contributed by atoms with E-state index in [1.165, 1.54) is 34.8 Å². The summed E-state index contributed by atoms with van der Waals surface area (Å²) in [5.74, 6) is 0.0513. The zero-order chi connectivity index (χ0) is 15.6. The highest BCUT2D eigenvalue weighted by Crippen LogP contribution is 2.33. The third-order valence-corrected chi connectivity index (χ3v) is 6.80. The molecule has 0 radical (unpaired) electrons. The molecular formula is C13H12Cl3NO2S2. The van der Waals surface area contributed by atoms with Crippen LogP contribution in [0.2, 0.25) is 10.0 Å². The number of hydrogen-bond acceptors (Lipinski definition) is 3. The molecule has 0 bridgehead atoms. The van der Waals surface area contributed by atoms with E-state index in [1.807, 2.05) is 17.5 Å². The van der Waals surface area contributed by atoms with Gasteiger partial charge in [0.05, 0.1) is 10.9 Å². The summed E-state index contributed by atoms with van der Waals surface area (Å²) in [6, 6.07) is 6.66. The number of nitrogens with zero attached hydrogens (tertiary/aromatic N) is 1. The van der Waals surface area contributed by atoms with Crippen molar-refractivity contribution in [3.8, 4) is 0 Å². The molecule has 21 heavy (non-hydrogen) atoms. The van der Waals surface area contributed by atoms with Crippen molar-refractivity contribution in [1.82, 2.24) is 4.31 Å². The highest BCUT2D eigenvalue weighted by molar-refractivity contribution is 7.89. The Balaban J connectivity index is 2.40. The normalized spacial score (nSPS) is 12.0. The summed E-state index contributed by atoms with van der Waals surface area (Å²) in [5.41, 5.74) is 0.422. The molecule has 0 aliphatic rings. The molecule has 0 N–H and O–H groups in total. The predicted octanol–water partition coefficient (Wildman–Crippen LogP) is 4.61. The number of rotatable bonds is 5. The van der Waals surface area contributed by atoms with E-state index in [0.717, 1.165) is 4.88 Å².